The second kappa shape index (κ2) is 47.4. The molecule has 80 heavy (non-hydrogen) atoms. The van der Waals surface area contributed by atoms with Crippen LogP contribution in [0, 0.1) is 0 Å². The van der Waals surface area contributed by atoms with E-state index in [1.165, 1.54) is 14.2 Å². The number of halogens is 17. The third kappa shape index (κ3) is 39.2. The monoisotopic (exact) mass is 3040 g/mol. The molecule has 0 unspecified atom stereocenters. The third-order valence-corrected chi connectivity index (χ3v) is 1080. The molecular weight excluding hydrogens is 2980 g/mol. The number of ketones is 1. The Morgan fingerprint density at radius 1 is 0.625 bits per heavy atom. The topological polar surface area (TPSA) is 243 Å². The van der Waals surface area contributed by atoms with E-state index in [1.54, 1.807) is 51.3 Å². The molecule has 2 saturated heterocycles. The van der Waals surface area contributed by atoms with Crippen LogP contribution in [0.3, 0.4) is 0 Å². The second-order valence-electron chi connectivity index (χ2n) is 17.7. The van der Waals surface area contributed by atoms with E-state index < -0.39 is 55.3 Å². The van der Waals surface area contributed by atoms with Crippen molar-refractivity contribution in [3.05, 3.63) is 71.8 Å². The Labute approximate surface area is 591 Å². The van der Waals surface area contributed by atoms with Crippen molar-refractivity contribution < 1.29 is 75.2 Å². The smallest absolute Gasteiger partial charge is 0.410 e. The van der Waals surface area contributed by atoms with Gasteiger partial charge in [-0.25, -0.2) is 19.2 Å². The predicted octanol–water partition coefficient (Wildman–Crippen LogP) is 15.6. The Balaban J connectivity index is 0.000000563. The molecule has 36 heteroatoms. The number of piperidine rings is 2. The molecule has 4 amide bonds. The van der Waals surface area contributed by atoms with Crippen molar-refractivity contribution in [2.24, 2.45) is 5.73 Å². The van der Waals surface area contributed by atoms with Gasteiger partial charge in [0, 0.05) is 58.2 Å². The molecule has 2 fully saturated rings. The number of Topliss-reactive ketones (excluding diaryl/α,β-unsaturated/α-hetero) is 1. The van der Waals surface area contributed by atoms with E-state index >= 15 is 0 Å². The minimum Gasteiger partial charge on any atom is -0.445 e. The van der Waals surface area contributed by atoms with Crippen LogP contribution in [0.1, 0.15) is 78.4 Å². The number of amides is 4. The summed E-state index contributed by atoms with van der Waals surface area (Å²) in [6.45, 7) is 13.1. The fourth-order valence-electron chi connectivity index (χ4n) is 5.84. The number of benzene rings is 2. The van der Waals surface area contributed by atoms with Gasteiger partial charge in [-0.1, -0.05) is 60.7 Å². The number of nitrogens with one attached hydrogen (secondary N) is 3. The fourth-order valence-corrected chi connectivity index (χ4v) is 2310. The van der Waals surface area contributed by atoms with Gasteiger partial charge in [-0.3, -0.25) is 19.7 Å². The van der Waals surface area contributed by atoms with Gasteiger partial charge >= 0.3 is 272 Å². The first kappa shape index (κ1) is 84.5. The van der Waals surface area contributed by atoms with E-state index in [2.05, 4.69) is 188 Å². The van der Waals surface area contributed by atoms with Crippen LogP contribution in [-0.2, 0) is 56.0 Å². The van der Waals surface area contributed by atoms with Crippen LogP contribution in [0.25, 0.3) is 0 Å². The second-order valence-corrected chi connectivity index (χ2v) is 375. The van der Waals surface area contributed by atoms with E-state index in [0.717, 1.165) is 11.1 Å². The number of ether oxygens (including phenoxy) is 6. The molecule has 2 aromatic carbocycles. The van der Waals surface area contributed by atoms with Crippen molar-refractivity contribution in [2.45, 2.75) is 110 Å². The normalized spacial score (nSPS) is 15.5. The maximum atomic E-state index is 12.3. The Bertz CT molecular complexity index is 2170. The Morgan fingerprint density at radius 3 is 1.43 bits per heavy atom. The van der Waals surface area contributed by atoms with Crippen LogP contribution in [0.4, 0.5) is 19.2 Å². The van der Waals surface area contributed by atoms with E-state index in [0.29, 0.717) is 65.1 Å². The van der Waals surface area contributed by atoms with Crippen LogP contribution < -0.4 is 34.9 Å². The maximum absolute atomic E-state index is 12.3. The maximum Gasteiger partial charge on any atom is 0.410 e. The molecule has 0 bridgehead atoms. The summed E-state index contributed by atoms with van der Waals surface area (Å²) in [5, 5.41) is 8.18. The number of likely N-dealkylation sites (tertiary alicyclic amines) is 2. The quantitative estimate of drug-likeness (QED) is 0.0580. The van der Waals surface area contributed by atoms with Crippen LogP contribution >= 0.6 is 223 Å². The van der Waals surface area contributed by atoms with Crippen molar-refractivity contribution in [3.8, 4) is 0 Å². The summed E-state index contributed by atoms with van der Waals surface area (Å²) in [7, 11) is 0.0501. The number of nitrogens with two attached hydrogens (primary N) is 1. The summed E-state index contributed by atoms with van der Waals surface area (Å²) in [6.07, 6.45) is 0.308. The predicted molar refractivity (Wildman–Crippen MR) is 455 cm³/mol. The molecular formula is C44H66I17N6O13-. The number of esters is 2. The number of carbonyl (C=O) groups excluding carboxylic acids is 7. The third-order valence-electron chi connectivity index (χ3n) is 9.41. The van der Waals surface area contributed by atoms with Crippen molar-refractivity contribution in [1.29, 1.82) is 0 Å². The fraction of sp³-hybridized carbons (Fsp3) is 0.568. The van der Waals surface area contributed by atoms with Gasteiger partial charge in [0.05, 0.1) is 14.2 Å². The molecule has 470 valence electrons. The first-order valence-electron chi connectivity index (χ1n) is 23.0. The van der Waals surface area contributed by atoms with Crippen LogP contribution in [0.5, 0.6) is 0 Å². The number of alkyl carbamates (subject to hydrolysis) is 2. The average Bonchev–Trinajstić information content (AvgIpc) is 3.42. The molecule has 2 heterocycles. The van der Waals surface area contributed by atoms with Gasteiger partial charge in [0.1, 0.15) is 42.3 Å². The zero-order chi connectivity index (χ0) is 60.8. The molecule has 2 aliphatic heterocycles. The molecule has 4 rings (SSSR count). The minimum atomic E-state index is -0.873. The zero-order valence-electron chi connectivity index (χ0n) is 44.2. The van der Waals surface area contributed by atoms with Crippen LogP contribution in [0.2, 0.25) is 0 Å². The molecule has 0 radical (unpaired) electrons. The number of carbonyl (C=O) groups is 7. The van der Waals surface area contributed by atoms with E-state index in [1.807, 2.05) is 60.7 Å². The summed E-state index contributed by atoms with van der Waals surface area (Å²) in [5.74, 6) is -0.830. The summed E-state index contributed by atoms with van der Waals surface area (Å²) < 4.78 is 29.9. The zero-order valence-corrected chi connectivity index (χ0v) is 80.9. The van der Waals surface area contributed by atoms with Gasteiger partial charge in [0.25, 0.3) is 0 Å². The Hall–Kier alpha value is 6.46. The number of hydrogen-bond donors (Lipinski definition) is 4. The van der Waals surface area contributed by atoms with Gasteiger partial charge in [0.2, 0.25) is 0 Å². The molecule has 2 aromatic rings. The Morgan fingerprint density at radius 2 is 1.02 bits per heavy atom. The van der Waals surface area contributed by atoms with Crippen molar-refractivity contribution >= 4 is 265 Å². The molecule has 5 N–H and O–H groups in total. The molecule has 0 aromatic heterocycles. The van der Waals surface area contributed by atoms with E-state index in [9.17, 15) is 33.6 Å². The summed E-state index contributed by atoms with van der Waals surface area (Å²) in [6, 6.07) is 17.5. The summed E-state index contributed by atoms with van der Waals surface area (Å²) in [4.78, 5) is 84.2. The molecule has 2 aliphatic rings. The minimum absolute atomic E-state index is 0.00251. The number of nitrogens with zero attached hydrogens (tertiary/aromatic N) is 2. The molecule has 0 spiro atoms. The molecule has 0 saturated carbocycles. The van der Waals surface area contributed by atoms with Gasteiger partial charge < -0.3 is 54.6 Å². The van der Waals surface area contributed by atoms with Crippen LogP contribution in [-0.4, -0.2) is 135 Å². The number of hydrogen-bond acceptors (Lipinski definition) is 15. The van der Waals surface area contributed by atoms with Crippen LogP contribution in [0.15, 0.2) is 60.7 Å². The standard InChI is InChI=1S/C22H33N3O6.C13H15NO3.C9H18N2O4.I17/c1-22(2,3)31-20(27)23-14-18(19(26)29-4)24-17-10-12-25(13-11-17)21(28)30-15-16-8-6-5-7-9-16;15-12-6-8-14(9-7-12)13(16)17-10-11-4-2-1-3-5-11;1-9(2,3)15-8(13)11-5-6(10)7(12)14-4;1-10-12(4)14(6)16(8)17(9)15(7)13(5)11(2)3/h5-9,17-18,24H,10-15H2,1-4H3,(H,23,27);1-5H,6-10H2;6H,5,10H2,1-4H3,(H,11,13);/q;;;-1/t18-;;6-;/m1.1./s1. The van der Waals surface area contributed by atoms with Gasteiger partial charge in [0.15, 0.2) is 0 Å². The summed E-state index contributed by atoms with van der Waals surface area (Å²) in [5.41, 5.74) is 6.10. The van der Waals surface area contributed by atoms with Crippen molar-refractivity contribution in [2.75, 3.05) is 53.5 Å². The SMILES string of the molecule is COC(=O)[C@@H](CNC(=O)OC(C)(C)C)NC1CCN(C(=O)OCc2ccccc2)CC1.COC(=O)[C@H](N)CNC(=O)OC(C)(C)C.I[I-]I(I)I(I)I(I)I(I)I(I)I(I)I(I)I.O=C1CCN(C(=O)OCc2ccccc2)CC1. The first-order valence-corrected chi connectivity index (χ1v) is 124. The van der Waals surface area contributed by atoms with Crippen molar-refractivity contribution in [1.82, 2.24) is 25.8 Å². The largest absolute Gasteiger partial charge is 0.445 e. The van der Waals surface area contributed by atoms with E-state index in [-0.39, 0.29) is 97.7 Å². The average molecular weight is 3040 g/mol. The van der Waals surface area contributed by atoms with E-state index in [4.69, 9.17) is 29.4 Å². The number of rotatable bonds is 19. The number of methoxy groups -OCH3 is 2. The van der Waals surface area contributed by atoms with Crippen molar-refractivity contribution in [3.63, 3.8) is 0 Å². The molecule has 2 atom stereocenters. The van der Waals surface area contributed by atoms with Gasteiger partial charge in [-0.15, -0.1) is 0 Å². The molecule has 19 nitrogen and oxygen atoms in total. The van der Waals surface area contributed by atoms with Gasteiger partial charge in [-0.05, 0) is 65.5 Å². The summed E-state index contributed by atoms with van der Waals surface area (Å²) >= 11 is 27.6. The van der Waals surface area contributed by atoms with Gasteiger partial charge in [-0.2, -0.15) is 0 Å². The Kier molecular flexibility index (Phi) is 50.0. The molecule has 0 aliphatic carbocycles. The first-order chi connectivity index (χ1) is 37.4.